The maximum atomic E-state index is 4.76. The van der Waals surface area contributed by atoms with Gasteiger partial charge in [0, 0.05) is 31.9 Å². The molecule has 0 bridgehead atoms. The normalized spacial score (nSPS) is 16.5. The van der Waals surface area contributed by atoms with Crippen LogP contribution in [0, 0.1) is 5.92 Å². The standard InChI is InChI=1S/C15H26N4/c1-12(2)10-13-11-14(16-3)18-15(17-13)19-8-6-4-5-7-9-19/h11-12H,4-10H2,1-3H3,(H,16,17,18). The molecular weight excluding hydrogens is 236 g/mol. The molecule has 1 aliphatic heterocycles. The zero-order chi connectivity index (χ0) is 13.7. The second kappa shape index (κ2) is 6.73. The van der Waals surface area contributed by atoms with Gasteiger partial charge in [0.15, 0.2) is 0 Å². The summed E-state index contributed by atoms with van der Waals surface area (Å²) >= 11 is 0. The van der Waals surface area contributed by atoms with Gasteiger partial charge < -0.3 is 10.2 Å². The Morgan fingerprint density at radius 1 is 1.16 bits per heavy atom. The van der Waals surface area contributed by atoms with Crippen molar-refractivity contribution in [3.63, 3.8) is 0 Å². The molecule has 0 radical (unpaired) electrons. The molecule has 1 aromatic rings. The second-order valence-electron chi connectivity index (χ2n) is 5.79. The smallest absolute Gasteiger partial charge is 0.227 e. The third-order valence-corrected chi connectivity index (χ3v) is 3.53. The van der Waals surface area contributed by atoms with Crippen molar-refractivity contribution < 1.29 is 0 Å². The van der Waals surface area contributed by atoms with Crippen molar-refractivity contribution in [2.75, 3.05) is 30.4 Å². The van der Waals surface area contributed by atoms with Crippen LogP contribution >= 0.6 is 0 Å². The Morgan fingerprint density at radius 3 is 2.42 bits per heavy atom. The van der Waals surface area contributed by atoms with Crippen LogP contribution in [-0.2, 0) is 6.42 Å². The summed E-state index contributed by atoms with van der Waals surface area (Å²) in [6.45, 7) is 6.64. The lowest BCUT2D eigenvalue weighted by atomic mass is 10.1. The van der Waals surface area contributed by atoms with Gasteiger partial charge in [0.1, 0.15) is 5.82 Å². The first-order valence-electron chi connectivity index (χ1n) is 7.49. The number of nitrogens with zero attached hydrogens (tertiary/aromatic N) is 3. The fraction of sp³-hybridized carbons (Fsp3) is 0.733. The van der Waals surface area contributed by atoms with E-state index in [0.29, 0.717) is 5.92 Å². The molecule has 0 spiro atoms. The molecule has 106 valence electrons. The van der Waals surface area contributed by atoms with Crippen LogP contribution in [0.1, 0.15) is 45.2 Å². The van der Waals surface area contributed by atoms with Crippen LogP contribution in [0.25, 0.3) is 0 Å². The Bertz CT molecular complexity index is 395. The van der Waals surface area contributed by atoms with Gasteiger partial charge in [0.05, 0.1) is 0 Å². The quantitative estimate of drug-likeness (QED) is 0.905. The summed E-state index contributed by atoms with van der Waals surface area (Å²) in [6.07, 6.45) is 6.19. The lowest BCUT2D eigenvalue weighted by molar-refractivity contribution is 0.631. The molecule has 2 rings (SSSR count). The minimum atomic E-state index is 0.622. The molecule has 1 aromatic heterocycles. The highest BCUT2D eigenvalue weighted by Crippen LogP contribution is 2.19. The minimum absolute atomic E-state index is 0.622. The van der Waals surface area contributed by atoms with E-state index in [2.05, 4.69) is 35.1 Å². The summed E-state index contributed by atoms with van der Waals surface area (Å²) in [5.41, 5.74) is 1.15. The Kier molecular flexibility index (Phi) is 5.00. The van der Waals surface area contributed by atoms with Crippen molar-refractivity contribution in [3.8, 4) is 0 Å². The van der Waals surface area contributed by atoms with Crippen LogP contribution < -0.4 is 10.2 Å². The number of nitrogens with one attached hydrogen (secondary N) is 1. The maximum absolute atomic E-state index is 4.76. The minimum Gasteiger partial charge on any atom is -0.373 e. The van der Waals surface area contributed by atoms with Crippen molar-refractivity contribution in [2.24, 2.45) is 5.92 Å². The van der Waals surface area contributed by atoms with E-state index in [1.54, 1.807) is 0 Å². The monoisotopic (exact) mass is 262 g/mol. The first-order chi connectivity index (χ1) is 9.19. The predicted molar refractivity (Wildman–Crippen MR) is 80.8 cm³/mol. The molecule has 1 saturated heterocycles. The zero-order valence-corrected chi connectivity index (χ0v) is 12.4. The van der Waals surface area contributed by atoms with Crippen molar-refractivity contribution in [1.82, 2.24) is 9.97 Å². The summed E-state index contributed by atoms with van der Waals surface area (Å²) in [6, 6.07) is 2.07. The average Bonchev–Trinajstić information content (AvgIpc) is 2.66. The van der Waals surface area contributed by atoms with Gasteiger partial charge in [0.2, 0.25) is 5.95 Å². The molecule has 1 fully saturated rings. The Labute approximate surface area is 116 Å². The van der Waals surface area contributed by atoms with E-state index in [4.69, 9.17) is 4.98 Å². The molecule has 4 heteroatoms. The Hall–Kier alpha value is -1.32. The number of anilines is 2. The molecule has 0 unspecified atom stereocenters. The number of hydrogen-bond donors (Lipinski definition) is 1. The van der Waals surface area contributed by atoms with Crippen LogP contribution in [0.15, 0.2) is 6.07 Å². The molecule has 0 aliphatic carbocycles. The van der Waals surface area contributed by atoms with E-state index in [9.17, 15) is 0 Å². The summed E-state index contributed by atoms with van der Waals surface area (Å²) in [5.74, 6) is 2.46. The lowest BCUT2D eigenvalue weighted by Gasteiger charge is -2.21. The Balaban J connectivity index is 2.22. The summed E-state index contributed by atoms with van der Waals surface area (Å²) in [5, 5.41) is 3.16. The largest absolute Gasteiger partial charge is 0.373 e. The van der Waals surface area contributed by atoms with Gasteiger partial charge in [-0.05, 0) is 25.2 Å². The van der Waals surface area contributed by atoms with Gasteiger partial charge in [-0.1, -0.05) is 26.7 Å². The SMILES string of the molecule is CNc1cc(CC(C)C)nc(N2CCCCCC2)n1. The third-order valence-electron chi connectivity index (χ3n) is 3.53. The van der Waals surface area contributed by atoms with Gasteiger partial charge in [-0.25, -0.2) is 4.98 Å². The lowest BCUT2D eigenvalue weighted by Crippen LogP contribution is -2.26. The highest BCUT2D eigenvalue weighted by molar-refractivity contribution is 5.43. The average molecular weight is 262 g/mol. The van der Waals surface area contributed by atoms with E-state index >= 15 is 0 Å². The van der Waals surface area contributed by atoms with Gasteiger partial charge in [-0.2, -0.15) is 4.98 Å². The number of aromatic nitrogens is 2. The molecule has 0 atom stereocenters. The van der Waals surface area contributed by atoms with Gasteiger partial charge >= 0.3 is 0 Å². The van der Waals surface area contributed by atoms with E-state index in [1.807, 2.05) is 7.05 Å². The topological polar surface area (TPSA) is 41.1 Å². The first kappa shape index (κ1) is 14.1. The molecule has 0 amide bonds. The van der Waals surface area contributed by atoms with Crippen LogP contribution in [0.2, 0.25) is 0 Å². The van der Waals surface area contributed by atoms with E-state index < -0.39 is 0 Å². The zero-order valence-electron chi connectivity index (χ0n) is 12.4. The van der Waals surface area contributed by atoms with E-state index in [0.717, 1.165) is 37.0 Å². The molecule has 0 saturated carbocycles. The summed E-state index contributed by atoms with van der Waals surface area (Å²) in [7, 11) is 1.92. The summed E-state index contributed by atoms with van der Waals surface area (Å²) in [4.78, 5) is 11.7. The fourth-order valence-corrected chi connectivity index (χ4v) is 2.55. The molecule has 1 N–H and O–H groups in total. The molecule has 1 aliphatic rings. The number of hydrogen-bond acceptors (Lipinski definition) is 4. The van der Waals surface area contributed by atoms with Crippen molar-refractivity contribution in [3.05, 3.63) is 11.8 Å². The highest BCUT2D eigenvalue weighted by Gasteiger charge is 2.14. The van der Waals surface area contributed by atoms with Crippen LogP contribution in [0.3, 0.4) is 0 Å². The van der Waals surface area contributed by atoms with Crippen LogP contribution in [0.4, 0.5) is 11.8 Å². The maximum Gasteiger partial charge on any atom is 0.227 e. The van der Waals surface area contributed by atoms with Crippen molar-refractivity contribution in [1.29, 1.82) is 0 Å². The second-order valence-corrected chi connectivity index (χ2v) is 5.79. The first-order valence-corrected chi connectivity index (χ1v) is 7.49. The fourth-order valence-electron chi connectivity index (χ4n) is 2.55. The van der Waals surface area contributed by atoms with E-state index in [-0.39, 0.29) is 0 Å². The van der Waals surface area contributed by atoms with Gasteiger partial charge in [0.25, 0.3) is 0 Å². The van der Waals surface area contributed by atoms with Crippen LogP contribution in [0.5, 0.6) is 0 Å². The highest BCUT2D eigenvalue weighted by atomic mass is 15.3. The van der Waals surface area contributed by atoms with Crippen molar-refractivity contribution in [2.45, 2.75) is 46.0 Å². The van der Waals surface area contributed by atoms with E-state index in [1.165, 1.54) is 25.7 Å². The summed E-state index contributed by atoms with van der Waals surface area (Å²) < 4.78 is 0. The molecular formula is C15H26N4. The Morgan fingerprint density at radius 2 is 1.84 bits per heavy atom. The van der Waals surface area contributed by atoms with Gasteiger partial charge in [-0.15, -0.1) is 0 Å². The molecule has 0 aromatic carbocycles. The van der Waals surface area contributed by atoms with Crippen LogP contribution in [-0.4, -0.2) is 30.1 Å². The molecule has 4 nitrogen and oxygen atoms in total. The molecule has 19 heavy (non-hydrogen) atoms. The van der Waals surface area contributed by atoms with Gasteiger partial charge in [-0.3, -0.25) is 0 Å². The van der Waals surface area contributed by atoms with Crippen molar-refractivity contribution >= 4 is 11.8 Å². The predicted octanol–water partition coefficient (Wildman–Crippen LogP) is 3.10. The third kappa shape index (κ3) is 4.08. The number of rotatable bonds is 4. The molecule has 2 heterocycles.